The Morgan fingerprint density at radius 1 is 0.875 bits per heavy atom. The second kappa shape index (κ2) is 5.78. The number of piperazine rings is 1. The minimum atomic E-state index is -1.05. The molecule has 0 spiro atoms. The second-order valence-corrected chi connectivity index (χ2v) is 6.88. The van der Waals surface area contributed by atoms with Crippen molar-refractivity contribution in [2.24, 2.45) is 0 Å². The number of rotatable bonds is 3. The fourth-order valence-corrected chi connectivity index (χ4v) is 3.08. The van der Waals surface area contributed by atoms with Gasteiger partial charge in [0.25, 0.3) is 5.91 Å². The van der Waals surface area contributed by atoms with Crippen LogP contribution in [0.3, 0.4) is 0 Å². The molecule has 124 valence electrons. The molecule has 1 unspecified atom stereocenters. The maximum Gasteiger partial charge on any atom is 0.253 e. The molecule has 0 aromatic heterocycles. The first kappa shape index (κ1) is 16.2. The van der Waals surface area contributed by atoms with Gasteiger partial charge in [0.1, 0.15) is 11.1 Å². The van der Waals surface area contributed by atoms with E-state index in [9.17, 15) is 9.59 Å². The summed E-state index contributed by atoms with van der Waals surface area (Å²) >= 11 is 0. The molecule has 4 nitrogen and oxygen atoms in total. The number of carbonyl (C=O) groups excluding carboxylic acids is 2. The van der Waals surface area contributed by atoms with Gasteiger partial charge in [0.2, 0.25) is 5.91 Å². The molecule has 2 aromatic carbocycles. The molecule has 2 aromatic rings. The third-order valence-corrected chi connectivity index (χ3v) is 4.80. The van der Waals surface area contributed by atoms with E-state index >= 15 is 0 Å². The number of benzene rings is 2. The van der Waals surface area contributed by atoms with E-state index in [0.717, 1.165) is 11.1 Å². The maximum absolute atomic E-state index is 13.3. The van der Waals surface area contributed by atoms with E-state index in [1.165, 1.54) is 0 Å². The lowest BCUT2D eigenvalue weighted by atomic mass is 9.83. The van der Waals surface area contributed by atoms with E-state index in [-0.39, 0.29) is 11.8 Å². The van der Waals surface area contributed by atoms with Crippen LogP contribution in [0, 0.1) is 0 Å². The Bertz CT molecular complexity index is 756. The summed E-state index contributed by atoms with van der Waals surface area (Å²) in [4.78, 5) is 27.7. The van der Waals surface area contributed by atoms with E-state index in [4.69, 9.17) is 0 Å². The van der Waals surface area contributed by atoms with Crippen molar-refractivity contribution in [1.82, 2.24) is 10.2 Å². The highest BCUT2D eigenvalue weighted by Gasteiger charge is 2.52. The normalized spacial score (nSPS) is 23.0. The van der Waals surface area contributed by atoms with Gasteiger partial charge in [0, 0.05) is 6.54 Å². The lowest BCUT2D eigenvalue weighted by Gasteiger charge is -2.49. The van der Waals surface area contributed by atoms with Gasteiger partial charge in [0.05, 0.1) is 0 Å². The van der Waals surface area contributed by atoms with Crippen LogP contribution in [0.15, 0.2) is 60.7 Å². The Kier molecular flexibility index (Phi) is 3.91. The molecule has 4 heteroatoms. The molecule has 1 atom stereocenters. The van der Waals surface area contributed by atoms with Crippen LogP contribution in [0.4, 0.5) is 0 Å². The van der Waals surface area contributed by atoms with Gasteiger partial charge in [-0.1, -0.05) is 60.7 Å². The Hall–Kier alpha value is -2.62. The zero-order valence-corrected chi connectivity index (χ0v) is 14.2. The molecule has 0 saturated carbocycles. The molecule has 1 aliphatic heterocycles. The molecule has 1 heterocycles. The second-order valence-electron chi connectivity index (χ2n) is 6.88. The molecule has 0 bridgehead atoms. The third-order valence-electron chi connectivity index (χ3n) is 4.80. The zero-order chi connectivity index (χ0) is 17.4. The van der Waals surface area contributed by atoms with Gasteiger partial charge in [0.15, 0.2) is 0 Å². The number of hydrogen-bond donors (Lipinski definition) is 1. The topological polar surface area (TPSA) is 49.4 Å². The third kappa shape index (κ3) is 2.58. The van der Waals surface area contributed by atoms with Crippen LogP contribution in [0.5, 0.6) is 0 Å². The van der Waals surface area contributed by atoms with Crippen LogP contribution in [0.25, 0.3) is 0 Å². The summed E-state index contributed by atoms with van der Waals surface area (Å²) in [5.74, 6) is -0.244. The van der Waals surface area contributed by atoms with Gasteiger partial charge < -0.3 is 10.2 Å². The van der Waals surface area contributed by atoms with Gasteiger partial charge in [-0.15, -0.1) is 0 Å². The number of hydrogen-bond acceptors (Lipinski definition) is 2. The maximum atomic E-state index is 13.3. The largest absolute Gasteiger partial charge is 0.336 e. The van der Waals surface area contributed by atoms with Crippen molar-refractivity contribution >= 4 is 11.8 Å². The van der Waals surface area contributed by atoms with Crippen molar-refractivity contribution in [3.05, 3.63) is 71.8 Å². The van der Waals surface area contributed by atoms with Crippen molar-refractivity contribution in [3.8, 4) is 0 Å². The number of amides is 2. The molecular weight excluding hydrogens is 300 g/mol. The highest BCUT2D eigenvalue weighted by molar-refractivity contribution is 6.02. The number of carbonyl (C=O) groups is 2. The summed E-state index contributed by atoms with van der Waals surface area (Å²) < 4.78 is 0. The van der Waals surface area contributed by atoms with Crippen LogP contribution in [0.1, 0.15) is 31.9 Å². The summed E-state index contributed by atoms with van der Waals surface area (Å²) in [6, 6.07) is 19.1. The van der Waals surface area contributed by atoms with Crippen molar-refractivity contribution in [1.29, 1.82) is 0 Å². The fraction of sp³-hybridized carbons (Fsp3) is 0.300. The summed E-state index contributed by atoms with van der Waals surface area (Å²) in [6.07, 6.45) is 0. The average Bonchev–Trinajstić information content (AvgIpc) is 2.59. The van der Waals surface area contributed by atoms with Crippen LogP contribution >= 0.6 is 0 Å². The highest BCUT2D eigenvalue weighted by atomic mass is 16.2. The van der Waals surface area contributed by atoms with Crippen molar-refractivity contribution in [2.75, 3.05) is 0 Å². The molecule has 1 aliphatic rings. The monoisotopic (exact) mass is 322 g/mol. The summed E-state index contributed by atoms with van der Waals surface area (Å²) in [5, 5.41) is 2.93. The van der Waals surface area contributed by atoms with E-state index in [1.807, 2.05) is 60.7 Å². The van der Waals surface area contributed by atoms with Gasteiger partial charge in [-0.3, -0.25) is 9.59 Å². The molecule has 0 radical (unpaired) electrons. The smallest absolute Gasteiger partial charge is 0.253 e. The Balaban J connectivity index is 2.02. The summed E-state index contributed by atoms with van der Waals surface area (Å²) in [7, 11) is 0. The van der Waals surface area contributed by atoms with E-state index in [1.54, 1.807) is 25.7 Å². The Morgan fingerprint density at radius 2 is 1.42 bits per heavy atom. The van der Waals surface area contributed by atoms with Crippen LogP contribution in [0.2, 0.25) is 0 Å². The molecule has 0 aliphatic carbocycles. The van der Waals surface area contributed by atoms with Gasteiger partial charge in [-0.2, -0.15) is 0 Å². The predicted octanol–water partition coefficient (Wildman–Crippen LogP) is 2.84. The quantitative estimate of drug-likeness (QED) is 0.944. The Labute approximate surface area is 142 Å². The fourth-order valence-electron chi connectivity index (χ4n) is 3.08. The minimum Gasteiger partial charge on any atom is -0.336 e. The summed E-state index contributed by atoms with van der Waals surface area (Å²) in [6.45, 7) is 5.75. The standard InChI is InChI=1S/C20H22N2O2/c1-19(2)17(23)21-20(3,16-12-8-5-9-13-16)18(24)22(19)14-15-10-6-4-7-11-15/h4-13H,14H2,1-3H3,(H,21,23). The van der Waals surface area contributed by atoms with Crippen LogP contribution in [-0.4, -0.2) is 22.3 Å². The molecule has 1 saturated heterocycles. The van der Waals surface area contributed by atoms with Crippen LogP contribution in [-0.2, 0) is 21.7 Å². The van der Waals surface area contributed by atoms with Gasteiger partial charge in [-0.05, 0) is 31.9 Å². The van der Waals surface area contributed by atoms with Crippen molar-refractivity contribution in [3.63, 3.8) is 0 Å². The first-order chi connectivity index (χ1) is 11.4. The van der Waals surface area contributed by atoms with E-state index in [2.05, 4.69) is 5.32 Å². The van der Waals surface area contributed by atoms with Crippen LogP contribution < -0.4 is 5.32 Å². The lowest BCUT2D eigenvalue weighted by Crippen LogP contribution is -2.71. The molecular formula is C20H22N2O2. The first-order valence-corrected chi connectivity index (χ1v) is 8.10. The van der Waals surface area contributed by atoms with Gasteiger partial charge in [-0.25, -0.2) is 0 Å². The molecule has 3 rings (SSSR count). The number of nitrogens with one attached hydrogen (secondary N) is 1. The molecule has 2 amide bonds. The van der Waals surface area contributed by atoms with E-state index in [0.29, 0.717) is 6.54 Å². The summed E-state index contributed by atoms with van der Waals surface area (Å²) in [5.41, 5.74) is -0.162. The SMILES string of the molecule is CC1(c2ccccc2)NC(=O)C(C)(C)N(Cc2ccccc2)C1=O. The molecule has 24 heavy (non-hydrogen) atoms. The van der Waals surface area contributed by atoms with Gasteiger partial charge >= 0.3 is 0 Å². The number of nitrogens with zero attached hydrogens (tertiary/aromatic N) is 1. The minimum absolute atomic E-state index is 0.0952. The van der Waals surface area contributed by atoms with Crippen molar-refractivity contribution in [2.45, 2.75) is 38.4 Å². The molecule has 1 N–H and O–H groups in total. The Morgan fingerprint density at radius 3 is 2.00 bits per heavy atom. The first-order valence-electron chi connectivity index (χ1n) is 8.10. The molecule has 1 fully saturated rings. The lowest BCUT2D eigenvalue weighted by molar-refractivity contribution is -0.161. The highest BCUT2D eigenvalue weighted by Crippen LogP contribution is 2.33. The average molecular weight is 322 g/mol. The van der Waals surface area contributed by atoms with Crippen molar-refractivity contribution < 1.29 is 9.59 Å². The van der Waals surface area contributed by atoms with E-state index < -0.39 is 11.1 Å². The predicted molar refractivity (Wildman–Crippen MR) is 93.0 cm³/mol. The zero-order valence-electron chi connectivity index (χ0n) is 14.2.